The molecule has 0 radical (unpaired) electrons. The number of hydrogen-bond donors (Lipinski definition) is 0. The van der Waals surface area contributed by atoms with Crippen LogP contribution in [-0.2, 0) is 16.3 Å². The van der Waals surface area contributed by atoms with E-state index < -0.39 is 9.84 Å². The molecule has 1 unspecified atom stereocenters. The lowest BCUT2D eigenvalue weighted by molar-refractivity contribution is 0.273. The second-order valence-corrected chi connectivity index (χ2v) is 10.6. The summed E-state index contributed by atoms with van der Waals surface area (Å²) in [5.74, 6) is 3.28. The molecule has 2 fully saturated rings. The highest BCUT2D eigenvalue weighted by Gasteiger charge is 2.56. The molecule has 0 amide bonds. The fourth-order valence-electron chi connectivity index (χ4n) is 4.47. The lowest BCUT2D eigenvalue weighted by Crippen LogP contribution is -2.27. The third-order valence-electron chi connectivity index (χ3n) is 6.53. The van der Waals surface area contributed by atoms with Crippen LogP contribution in [0.4, 0.5) is 5.95 Å². The first-order valence-electron chi connectivity index (χ1n) is 10.9. The number of hydrogen-bond acceptors (Lipinski definition) is 7. The summed E-state index contributed by atoms with van der Waals surface area (Å²) in [7, 11) is -3.19. The van der Waals surface area contributed by atoms with Crippen LogP contribution in [0.3, 0.4) is 0 Å². The fourth-order valence-corrected chi connectivity index (χ4v) is 5.10. The van der Waals surface area contributed by atoms with Crippen LogP contribution in [0.15, 0.2) is 59.9 Å². The first kappa shape index (κ1) is 20.9. The Labute approximate surface area is 188 Å². The van der Waals surface area contributed by atoms with Gasteiger partial charge in [0.15, 0.2) is 9.84 Å². The van der Waals surface area contributed by atoms with E-state index in [4.69, 9.17) is 4.74 Å². The summed E-state index contributed by atoms with van der Waals surface area (Å²) in [4.78, 5) is 16.0. The van der Waals surface area contributed by atoms with Gasteiger partial charge >= 0.3 is 0 Å². The quantitative estimate of drug-likeness (QED) is 0.546. The zero-order chi connectivity index (χ0) is 22.3. The molecular weight excluding hydrogens is 424 g/mol. The molecule has 3 heterocycles. The highest BCUT2D eigenvalue weighted by Crippen LogP contribution is 2.52. The number of anilines is 1. The van der Waals surface area contributed by atoms with E-state index >= 15 is 0 Å². The minimum atomic E-state index is -3.19. The van der Waals surface area contributed by atoms with Gasteiger partial charge in [-0.3, -0.25) is 0 Å². The molecule has 1 saturated carbocycles. The maximum atomic E-state index is 11.6. The Bertz CT molecular complexity index is 1180. The number of benzene rings is 1. The Morgan fingerprint density at radius 2 is 1.59 bits per heavy atom. The van der Waals surface area contributed by atoms with Crippen molar-refractivity contribution in [2.45, 2.75) is 18.2 Å². The van der Waals surface area contributed by atoms with Gasteiger partial charge in [0.25, 0.3) is 0 Å². The molecule has 1 aliphatic heterocycles. The molecule has 2 aliphatic rings. The van der Waals surface area contributed by atoms with Crippen molar-refractivity contribution >= 4 is 15.8 Å². The molecule has 8 heteroatoms. The van der Waals surface area contributed by atoms with Crippen molar-refractivity contribution in [3.8, 4) is 17.0 Å². The predicted octanol–water partition coefficient (Wildman–Crippen LogP) is 3.27. The van der Waals surface area contributed by atoms with Gasteiger partial charge < -0.3 is 9.64 Å². The normalized spacial score (nSPS) is 21.9. The molecule has 166 valence electrons. The monoisotopic (exact) mass is 450 g/mol. The van der Waals surface area contributed by atoms with Gasteiger partial charge in [-0.2, -0.15) is 0 Å². The molecule has 0 N–H and O–H groups in total. The summed E-state index contributed by atoms with van der Waals surface area (Å²) in [5, 5.41) is 0. The van der Waals surface area contributed by atoms with Crippen molar-refractivity contribution < 1.29 is 13.2 Å². The molecule has 0 bridgehead atoms. The largest absolute Gasteiger partial charge is 0.477 e. The molecular formula is C24H26N4O3S. The van der Waals surface area contributed by atoms with E-state index in [0.717, 1.165) is 42.1 Å². The van der Waals surface area contributed by atoms with E-state index in [1.54, 1.807) is 30.5 Å². The van der Waals surface area contributed by atoms with Crippen LogP contribution in [0.1, 0.15) is 12.5 Å². The van der Waals surface area contributed by atoms with Gasteiger partial charge in [-0.15, -0.1) is 0 Å². The standard InChI is InChI=1S/C24H26N4O3S/c1-3-16-10-26-24(27-11-16)28-13-20-21(14-28)22(20)15-31-23-9-6-18(12-25-23)17-4-7-19(8-5-17)32(2,29)30/h4-12,20-22H,3,13-15H2,1-2H3/t20-,21+,22?. The van der Waals surface area contributed by atoms with Crippen molar-refractivity contribution in [2.24, 2.45) is 17.8 Å². The molecule has 3 aromatic rings. The third-order valence-corrected chi connectivity index (χ3v) is 7.66. The molecule has 1 aliphatic carbocycles. The molecule has 3 atom stereocenters. The maximum Gasteiger partial charge on any atom is 0.225 e. The lowest BCUT2D eigenvalue weighted by atomic mass is 10.1. The number of aryl methyl sites for hydroxylation is 1. The predicted molar refractivity (Wildman–Crippen MR) is 122 cm³/mol. The number of nitrogens with zero attached hydrogens (tertiary/aromatic N) is 4. The van der Waals surface area contributed by atoms with E-state index in [1.807, 2.05) is 24.5 Å². The van der Waals surface area contributed by atoms with Gasteiger partial charge in [-0.1, -0.05) is 19.1 Å². The molecule has 5 rings (SSSR count). The average molecular weight is 451 g/mol. The van der Waals surface area contributed by atoms with Crippen molar-refractivity contribution in [3.05, 3.63) is 60.6 Å². The number of sulfone groups is 1. The van der Waals surface area contributed by atoms with Gasteiger partial charge in [0, 0.05) is 55.5 Å². The molecule has 0 spiro atoms. The maximum absolute atomic E-state index is 11.6. The van der Waals surface area contributed by atoms with Crippen LogP contribution in [0.5, 0.6) is 5.88 Å². The highest BCUT2D eigenvalue weighted by molar-refractivity contribution is 7.90. The highest BCUT2D eigenvalue weighted by atomic mass is 32.2. The summed E-state index contributed by atoms with van der Waals surface area (Å²) in [6.07, 6.45) is 7.76. The van der Waals surface area contributed by atoms with E-state index in [0.29, 0.717) is 35.1 Å². The van der Waals surface area contributed by atoms with Gasteiger partial charge in [0.2, 0.25) is 11.8 Å². The first-order valence-corrected chi connectivity index (χ1v) is 12.8. The van der Waals surface area contributed by atoms with Crippen LogP contribution >= 0.6 is 0 Å². The Morgan fingerprint density at radius 3 is 2.16 bits per heavy atom. The number of piperidine rings is 1. The van der Waals surface area contributed by atoms with Gasteiger partial charge in [0.1, 0.15) is 0 Å². The van der Waals surface area contributed by atoms with Crippen LogP contribution in [-0.4, -0.2) is 49.3 Å². The Balaban J connectivity index is 1.13. The van der Waals surface area contributed by atoms with E-state index in [-0.39, 0.29) is 0 Å². The smallest absolute Gasteiger partial charge is 0.225 e. The van der Waals surface area contributed by atoms with E-state index in [2.05, 4.69) is 26.8 Å². The van der Waals surface area contributed by atoms with Gasteiger partial charge in [-0.25, -0.2) is 23.4 Å². The SMILES string of the molecule is CCc1cnc(N2C[C@@H]3C(COc4ccc(-c5ccc(S(C)(=O)=O)cc5)cn4)[C@@H]3C2)nc1. The van der Waals surface area contributed by atoms with Crippen molar-refractivity contribution in [3.63, 3.8) is 0 Å². The summed E-state index contributed by atoms with van der Waals surface area (Å²) < 4.78 is 29.2. The number of ether oxygens (including phenoxy) is 1. The Kier molecular flexibility index (Phi) is 5.33. The molecule has 1 saturated heterocycles. The van der Waals surface area contributed by atoms with Crippen LogP contribution in [0.25, 0.3) is 11.1 Å². The van der Waals surface area contributed by atoms with Crippen molar-refractivity contribution in [2.75, 3.05) is 30.9 Å². The van der Waals surface area contributed by atoms with Crippen molar-refractivity contribution in [1.29, 1.82) is 0 Å². The topological polar surface area (TPSA) is 85.3 Å². The summed E-state index contributed by atoms with van der Waals surface area (Å²) in [6.45, 7) is 4.75. The van der Waals surface area contributed by atoms with Crippen molar-refractivity contribution in [1.82, 2.24) is 15.0 Å². The second-order valence-electron chi connectivity index (χ2n) is 8.63. The molecule has 32 heavy (non-hydrogen) atoms. The Morgan fingerprint density at radius 1 is 0.938 bits per heavy atom. The third kappa shape index (κ3) is 4.19. The van der Waals surface area contributed by atoms with E-state index in [9.17, 15) is 8.42 Å². The minimum absolute atomic E-state index is 0.312. The zero-order valence-electron chi connectivity index (χ0n) is 18.2. The Hall–Kier alpha value is -3.00. The number of pyridine rings is 1. The van der Waals surface area contributed by atoms with Gasteiger partial charge in [-0.05, 0) is 47.6 Å². The summed E-state index contributed by atoms with van der Waals surface area (Å²) in [6, 6.07) is 10.6. The summed E-state index contributed by atoms with van der Waals surface area (Å²) >= 11 is 0. The fraction of sp³-hybridized carbons (Fsp3) is 0.375. The van der Waals surface area contributed by atoms with E-state index in [1.165, 1.54) is 6.26 Å². The van der Waals surface area contributed by atoms with Gasteiger partial charge in [0.05, 0.1) is 11.5 Å². The molecule has 1 aromatic carbocycles. The average Bonchev–Trinajstić information content (AvgIpc) is 3.26. The first-order chi connectivity index (χ1) is 15.4. The van der Waals surface area contributed by atoms with Crippen LogP contribution in [0.2, 0.25) is 0 Å². The van der Waals surface area contributed by atoms with Crippen LogP contribution in [0, 0.1) is 17.8 Å². The summed E-state index contributed by atoms with van der Waals surface area (Å²) in [5.41, 5.74) is 3.00. The number of fused-ring (bicyclic) bond motifs is 1. The number of rotatable bonds is 7. The van der Waals surface area contributed by atoms with Crippen LogP contribution < -0.4 is 9.64 Å². The second kappa shape index (κ2) is 8.16. The minimum Gasteiger partial charge on any atom is -0.477 e. The number of aromatic nitrogens is 3. The molecule has 2 aromatic heterocycles. The zero-order valence-corrected chi connectivity index (χ0v) is 19.0. The lowest BCUT2D eigenvalue weighted by Gasteiger charge is -2.19. The molecule has 7 nitrogen and oxygen atoms in total.